The molecule has 2 aromatic carbocycles. The van der Waals surface area contributed by atoms with E-state index in [0.29, 0.717) is 7.48 Å². The molecule has 0 radical (unpaired) electrons. The fourth-order valence-corrected chi connectivity index (χ4v) is 2.85. The van der Waals surface area contributed by atoms with Gasteiger partial charge in [0.25, 0.3) is 0 Å². The first-order valence-electron chi connectivity index (χ1n) is 8.44. The first-order chi connectivity index (χ1) is 11.8. The van der Waals surface area contributed by atoms with Gasteiger partial charge in [0.1, 0.15) is 16.7 Å². The summed E-state index contributed by atoms with van der Waals surface area (Å²) in [4.78, 5) is 0. The van der Waals surface area contributed by atoms with Gasteiger partial charge < -0.3 is 18.6 Å². The van der Waals surface area contributed by atoms with Crippen LogP contribution in [0.3, 0.4) is 0 Å². The van der Waals surface area contributed by atoms with Crippen molar-refractivity contribution in [3.63, 3.8) is 0 Å². The number of rotatable bonds is 4. The Balaban J connectivity index is 1.76. The molecule has 1 N–H and O–H groups in total. The second-order valence-electron chi connectivity index (χ2n) is 7.56. The van der Waals surface area contributed by atoms with Crippen molar-refractivity contribution in [2.45, 2.75) is 38.9 Å². The maximum absolute atomic E-state index is 10.3. The van der Waals surface area contributed by atoms with Gasteiger partial charge in [0.05, 0.1) is 17.5 Å². The van der Waals surface area contributed by atoms with Gasteiger partial charge in [0.15, 0.2) is 0 Å². The zero-order valence-corrected chi connectivity index (χ0v) is 14.9. The lowest BCUT2D eigenvalue weighted by molar-refractivity contribution is -0.0893. The molecule has 4 nitrogen and oxygen atoms in total. The number of furan rings is 2. The number of hydrogen-bond donors (Lipinski definition) is 1. The highest BCUT2D eigenvalue weighted by Crippen LogP contribution is 2.32. The fourth-order valence-electron chi connectivity index (χ4n) is 2.85. The van der Waals surface area contributed by atoms with E-state index in [4.69, 9.17) is 13.5 Å². The van der Waals surface area contributed by atoms with E-state index in [0.717, 1.165) is 38.4 Å². The van der Waals surface area contributed by atoms with Crippen molar-refractivity contribution < 1.29 is 18.6 Å². The minimum absolute atomic E-state index is 0.366. The van der Waals surface area contributed by atoms with Crippen molar-refractivity contribution in [1.29, 1.82) is 0 Å². The molecule has 128 valence electrons. The summed E-state index contributed by atoms with van der Waals surface area (Å²) in [5.41, 5.74) is 1.79. The van der Waals surface area contributed by atoms with Crippen LogP contribution in [0.15, 0.2) is 51.5 Å². The molecule has 0 bridgehead atoms. The van der Waals surface area contributed by atoms with E-state index in [2.05, 4.69) is 12.1 Å². The lowest BCUT2D eigenvalue weighted by atomic mass is 9.82. The van der Waals surface area contributed by atoms with Crippen LogP contribution in [0.4, 0.5) is 0 Å². The molecule has 5 heteroatoms. The van der Waals surface area contributed by atoms with Gasteiger partial charge in [-0.1, -0.05) is 18.2 Å². The molecule has 0 fully saturated rings. The minimum atomic E-state index is -0.944. The van der Waals surface area contributed by atoms with Crippen LogP contribution in [0.1, 0.15) is 27.7 Å². The summed E-state index contributed by atoms with van der Waals surface area (Å²) in [7, 11) is 0.366. The molecule has 0 aliphatic heterocycles. The summed E-state index contributed by atoms with van der Waals surface area (Å²) in [6.07, 6.45) is 1.71. The molecule has 4 rings (SSSR count). The molecule has 0 atom stereocenters. The van der Waals surface area contributed by atoms with Crippen molar-refractivity contribution in [3.05, 3.63) is 42.7 Å². The third-order valence-corrected chi connectivity index (χ3v) is 5.21. The van der Waals surface area contributed by atoms with Crippen LogP contribution >= 0.6 is 0 Å². The van der Waals surface area contributed by atoms with E-state index in [1.165, 1.54) is 0 Å². The van der Waals surface area contributed by atoms with Crippen LogP contribution in [0.25, 0.3) is 32.9 Å². The normalized spacial score (nSPS) is 13.2. The van der Waals surface area contributed by atoms with E-state index >= 15 is 0 Å². The zero-order valence-electron chi connectivity index (χ0n) is 14.9. The van der Waals surface area contributed by atoms with Crippen molar-refractivity contribution in [2.75, 3.05) is 0 Å². The highest BCUT2D eigenvalue weighted by atomic mass is 16.5. The molecule has 2 heterocycles. The highest BCUT2D eigenvalue weighted by molar-refractivity contribution is 6.51. The Hall–Kier alpha value is -2.24. The van der Waals surface area contributed by atoms with E-state index < -0.39 is 11.2 Å². The van der Waals surface area contributed by atoms with Crippen LogP contribution < -0.4 is 5.46 Å². The van der Waals surface area contributed by atoms with E-state index in [1.54, 1.807) is 20.1 Å². The fraction of sp³-hybridized carbons (Fsp3) is 0.300. The number of fused-ring (bicyclic) bond motifs is 4. The van der Waals surface area contributed by atoms with Crippen LogP contribution in [0.5, 0.6) is 0 Å². The first-order valence-corrected chi connectivity index (χ1v) is 8.44. The van der Waals surface area contributed by atoms with Gasteiger partial charge in [-0.05, 0) is 45.3 Å². The first kappa shape index (κ1) is 16.2. The van der Waals surface area contributed by atoms with E-state index in [9.17, 15) is 5.11 Å². The summed E-state index contributed by atoms with van der Waals surface area (Å²) < 4.78 is 17.6. The van der Waals surface area contributed by atoms with Crippen LogP contribution in [-0.4, -0.2) is 23.8 Å². The summed E-state index contributed by atoms with van der Waals surface area (Å²) in [5.74, 6) is 0. The molecular formula is C20H21BO4. The molecular weight excluding hydrogens is 315 g/mol. The van der Waals surface area contributed by atoms with Gasteiger partial charge in [0, 0.05) is 22.2 Å². The Bertz CT molecular complexity index is 1070. The SMILES string of the molecule is CC(C)(O)C(C)(C)OBc1coc2cc3oc4ccccc4c3cc12. The third kappa shape index (κ3) is 2.64. The molecule has 0 saturated carbocycles. The second kappa shape index (κ2) is 5.38. The monoisotopic (exact) mass is 336 g/mol. The van der Waals surface area contributed by atoms with Gasteiger partial charge in [0.2, 0.25) is 0 Å². The van der Waals surface area contributed by atoms with Crippen molar-refractivity contribution in [1.82, 2.24) is 0 Å². The van der Waals surface area contributed by atoms with Crippen molar-refractivity contribution >= 4 is 45.9 Å². The molecule has 0 aliphatic rings. The Labute approximate surface area is 146 Å². The summed E-state index contributed by atoms with van der Waals surface area (Å²) in [6.45, 7) is 7.28. The highest BCUT2D eigenvalue weighted by Gasteiger charge is 2.36. The van der Waals surface area contributed by atoms with Crippen molar-refractivity contribution in [2.24, 2.45) is 0 Å². The summed E-state index contributed by atoms with van der Waals surface area (Å²) >= 11 is 0. The maximum Gasteiger partial charge on any atom is 0.313 e. The van der Waals surface area contributed by atoms with Crippen molar-refractivity contribution in [3.8, 4) is 0 Å². The summed E-state index contributed by atoms with van der Waals surface area (Å²) in [5, 5.41) is 13.4. The Morgan fingerprint density at radius 2 is 1.68 bits per heavy atom. The summed E-state index contributed by atoms with van der Waals surface area (Å²) in [6, 6.07) is 12.0. The number of aliphatic hydroxyl groups is 1. The second-order valence-corrected chi connectivity index (χ2v) is 7.56. The minimum Gasteiger partial charge on any atom is -0.465 e. The smallest absolute Gasteiger partial charge is 0.313 e. The topological polar surface area (TPSA) is 55.7 Å². The Morgan fingerprint density at radius 3 is 2.44 bits per heavy atom. The average molecular weight is 336 g/mol. The van der Waals surface area contributed by atoms with Crippen LogP contribution in [-0.2, 0) is 4.65 Å². The zero-order chi connectivity index (χ0) is 17.8. The van der Waals surface area contributed by atoms with Gasteiger partial charge in [-0.3, -0.25) is 0 Å². The average Bonchev–Trinajstić information content (AvgIpc) is 3.10. The van der Waals surface area contributed by atoms with Gasteiger partial charge >= 0.3 is 7.48 Å². The lowest BCUT2D eigenvalue weighted by Crippen LogP contribution is -2.49. The van der Waals surface area contributed by atoms with Gasteiger partial charge in [-0.15, -0.1) is 0 Å². The quantitative estimate of drug-likeness (QED) is 0.575. The number of para-hydroxylation sites is 1. The van der Waals surface area contributed by atoms with Gasteiger partial charge in [-0.2, -0.15) is 0 Å². The molecule has 25 heavy (non-hydrogen) atoms. The molecule has 0 amide bonds. The van der Waals surface area contributed by atoms with Crippen LogP contribution in [0.2, 0.25) is 0 Å². The standard InChI is InChI=1S/C20H21BO4/c1-19(2,22)20(3,4)25-21-15-11-23-17-10-18-13(9-14(15)17)12-7-5-6-8-16(12)24-18/h5-11,21-22H,1-4H3. The molecule has 0 spiro atoms. The molecule has 0 aliphatic carbocycles. The Morgan fingerprint density at radius 1 is 0.920 bits per heavy atom. The van der Waals surface area contributed by atoms with E-state index in [1.807, 2.05) is 38.1 Å². The predicted molar refractivity (Wildman–Crippen MR) is 102 cm³/mol. The Kier molecular flexibility index (Phi) is 3.50. The van der Waals surface area contributed by atoms with Gasteiger partial charge in [-0.25, -0.2) is 0 Å². The maximum atomic E-state index is 10.3. The molecule has 2 aromatic heterocycles. The third-order valence-electron chi connectivity index (χ3n) is 5.21. The largest absolute Gasteiger partial charge is 0.465 e. The molecule has 0 unspecified atom stereocenters. The number of benzene rings is 2. The van der Waals surface area contributed by atoms with E-state index in [-0.39, 0.29) is 0 Å². The number of hydrogen-bond acceptors (Lipinski definition) is 4. The predicted octanol–water partition coefficient (Wildman–Crippen LogP) is 3.88. The lowest BCUT2D eigenvalue weighted by Gasteiger charge is -2.37. The van der Waals surface area contributed by atoms with Crippen LogP contribution in [0, 0.1) is 0 Å². The molecule has 4 aromatic rings. The molecule has 0 saturated heterocycles.